The Balaban J connectivity index is 1.65. The van der Waals surface area contributed by atoms with Crippen LogP contribution in [0.1, 0.15) is 30.4 Å². The van der Waals surface area contributed by atoms with Crippen LogP contribution in [0.3, 0.4) is 0 Å². The van der Waals surface area contributed by atoms with Gasteiger partial charge in [0, 0.05) is 25.2 Å². The highest BCUT2D eigenvalue weighted by Crippen LogP contribution is 2.60. The molecule has 0 aromatic heterocycles. The third-order valence-electron chi connectivity index (χ3n) is 5.38. The van der Waals surface area contributed by atoms with Crippen LogP contribution in [0.4, 0.5) is 0 Å². The van der Waals surface area contributed by atoms with E-state index in [1.807, 2.05) is 0 Å². The molecule has 0 saturated heterocycles. The Morgan fingerprint density at radius 2 is 1.94 bits per heavy atom. The van der Waals surface area contributed by atoms with Gasteiger partial charge in [-0.2, -0.15) is 0 Å². The van der Waals surface area contributed by atoms with E-state index in [4.69, 9.17) is 5.73 Å². The van der Waals surface area contributed by atoms with Gasteiger partial charge in [-0.25, -0.2) is 0 Å². The van der Waals surface area contributed by atoms with Crippen molar-refractivity contribution in [1.29, 1.82) is 0 Å². The Morgan fingerprint density at radius 3 is 2.41 bits per heavy atom. The highest BCUT2D eigenvalue weighted by molar-refractivity contribution is 5.32. The molecule has 1 heterocycles. The van der Waals surface area contributed by atoms with Crippen molar-refractivity contribution < 1.29 is 0 Å². The molecule has 3 aliphatic rings. The van der Waals surface area contributed by atoms with E-state index in [1.54, 1.807) is 0 Å². The summed E-state index contributed by atoms with van der Waals surface area (Å²) in [6.07, 6.45) is 4.17. The minimum Gasteiger partial charge on any atom is -0.329 e. The fourth-order valence-corrected chi connectivity index (χ4v) is 4.27. The maximum Gasteiger partial charge on any atom is 0.0369 e. The van der Waals surface area contributed by atoms with Crippen LogP contribution in [-0.2, 0) is 13.1 Å². The number of fused-ring (bicyclic) bond motifs is 2. The first kappa shape index (κ1) is 10.1. The van der Waals surface area contributed by atoms with E-state index in [1.165, 1.54) is 30.4 Å². The summed E-state index contributed by atoms with van der Waals surface area (Å²) in [5.74, 6) is 1.91. The molecule has 2 nitrogen and oxygen atoms in total. The molecule has 0 bridgehead atoms. The number of hydrogen-bond acceptors (Lipinski definition) is 2. The van der Waals surface area contributed by atoms with Crippen LogP contribution in [0.15, 0.2) is 24.3 Å². The van der Waals surface area contributed by atoms with E-state index in [0.717, 1.165) is 31.5 Å². The molecule has 17 heavy (non-hydrogen) atoms. The van der Waals surface area contributed by atoms with Gasteiger partial charge >= 0.3 is 0 Å². The molecule has 3 unspecified atom stereocenters. The highest BCUT2D eigenvalue weighted by Gasteiger charge is 2.59. The first-order valence-electron chi connectivity index (χ1n) is 6.85. The van der Waals surface area contributed by atoms with Crippen molar-refractivity contribution >= 4 is 0 Å². The van der Waals surface area contributed by atoms with Gasteiger partial charge in [0.2, 0.25) is 0 Å². The summed E-state index contributed by atoms with van der Waals surface area (Å²) in [7, 11) is 0. The number of nitrogens with zero attached hydrogens (tertiary/aromatic N) is 1. The molecule has 2 heteroatoms. The van der Waals surface area contributed by atoms with Crippen molar-refractivity contribution in [2.24, 2.45) is 17.6 Å². The molecule has 0 amide bonds. The van der Waals surface area contributed by atoms with Crippen LogP contribution in [0.2, 0.25) is 0 Å². The quantitative estimate of drug-likeness (QED) is 0.840. The Labute approximate surface area is 103 Å². The smallest absolute Gasteiger partial charge is 0.0369 e. The molecule has 4 rings (SSSR count). The zero-order valence-corrected chi connectivity index (χ0v) is 10.2. The number of rotatable bonds is 2. The zero-order valence-electron chi connectivity index (χ0n) is 10.2. The average Bonchev–Trinajstić information content (AvgIpc) is 2.89. The molecular weight excluding hydrogens is 208 g/mol. The second-order valence-electron chi connectivity index (χ2n) is 6.07. The summed E-state index contributed by atoms with van der Waals surface area (Å²) >= 11 is 0. The van der Waals surface area contributed by atoms with Crippen LogP contribution in [0, 0.1) is 11.8 Å². The Kier molecular flexibility index (Phi) is 1.98. The summed E-state index contributed by atoms with van der Waals surface area (Å²) in [6.45, 7) is 3.09. The highest BCUT2D eigenvalue weighted by atomic mass is 15.2. The standard InChI is InChI=1S/C15H20N2/c16-10-15(6-5-11-7-14(11)15)17-8-12-3-1-2-4-13(12)9-17/h1-4,11,14H,5-10,16H2. The first-order valence-corrected chi connectivity index (χ1v) is 6.85. The van der Waals surface area contributed by atoms with Gasteiger partial charge < -0.3 is 5.73 Å². The van der Waals surface area contributed by atoms with E-state index in [2.05, 4.69) is 29.2 Å². The molecule has 0 spiro atoms. The fourth-order valence-electron chi connectivity index (χ4n) is 4.27. The van der Waals surface area contributed by atoms with Crippen molar-refractivity contribution in [2.75, 3.05) is 6.54 Å². The van der Waals surface area contributed by atoms with Gasteiger partial charge in [-0.15, -0.1) is 0 Å². The number of benzene rings is 1. The van der Waals surface area contributed by atoms with Crippen molar-refractivity contribution in [3.05, 3.63) is 35.4 Å². The van der Waals surface area contributed by atoms with E-state index < -0.39 is 0 Å². The monoisotopic (exact) mass is 228 g/mol. The predicted octanol–water partition coefficient (Wildman–Crippen LogP) is 2.13. The van der Waals surface area contributed by atoms with Gasteiger partial charge in [0.05, 0.1) is 0 Å². The van der Waals surface area contributed by atoms with Gasteiger partial charge in [-0.1, -0.05) is 24.3 Å². The van der Waals surface area contributed by atoms with Crippen LogP contribution in [0.5, 0.6) is 0 Å². The Hall–Kier alpha value is -0.860. The largest absolute Gasteiger partial charge is 0.329 e. The molecular formula is C15H20N2. The molecule has 90 valence electrons. The summed E-state index contributed by atoms with van der Waals surface area (Å²) in [4.78, 5) is 2.68. The van der Waals surface area contributed by atoms with Gasteiger partial charge in [-0.3, -0.25) is 4.90 Å². The lowest BCUT2D eigenvalue weighted by Crippen LogP contribution is -2.52. The Morgan fingerprint density at radius 1 is 1.24 bits per heavy atom. The molecule has 0 radical (unpaired) electrons. The topological polar surface area (TPSA) is 29.3 Å². The maximum absolute atomic E-state index is 6.16. The Bertz CT molecular complexity index is 431. The van der Waals surface area contributed by atoms with Crippen LogP contribution < -0.4 is 5.73 Å². The fraction of sp³-hybridized carbons (Fsp3) is 0.600. The molecule has 2 N–H and O–H groups in total. The summed E-state index contributed by atoms with van der Waals surface area (Å²) in [5, 5.41) is 0. The lowest BCUT2D eigenvalue weighted by molar-refractivity contribution is 0.0758. The molecule has 2 saturated carbocycles. The van der Waals surface area contributed by atoms with E-state index >= 15 is 0 Å². The molecule has 2 fully saturated rings. The van der Waals surface area contributed by atoms with Gasteiger partial charge in [0.25, 0.3) is 0 Å². The average molecular weight is 228 g/mol. The molecule has 1 aliphatic heterocycles. The lowest BCUT2D eigenvalue weighted by atomic mass is 9.91. The second kappa shape index (κ2) is 3.33. The summed E-state index contributed by atoms with van der Waals surface area (Å²) < 4.78 is 0. The SMILES string of the molecule is NCC1(N2Cc3ccccc3C2)CCC2CC21. The predicted molar refractivity (Wildman–Crippen MR) is 68.3 cm³/mol. The number of nitrogens with two attached hydrogens (primary N) is 1. The van der Waals surface area contributed by atoms with E-state index in [0.29, 0.717) is 5.54 Å². The number of hydrogen-bond donors (Lipinski definition) is 1. The van der Waals surface area contributed by atoms with Gasteiger partial charge in [0.15, 0.2) is 0 Å². The molecule has 1 aromatic carbocycles. The normalized spacial score (nSPS) is 39.1. The summed E-state index contributed by atoms with van der Waals surface area (Å²) in [5.41, 5.74) is 9.53. The molecule has 1 aromatic rings. The lowest BCUT2D eigenvalue weighted by Gasteiger charge is -2.39. The van der Waals surface area contributed by atoms with Gasteiger partial charge in [0.1, 0.15) is 0 Å². The maximum atomic E-state index is 6.16. The second-order valence-corrected chi connectivity index (χ2v) is 6.07. The van der Waals surface area contributed by atoms with Crippen LogP contribution >= 0.6 is 0 Å². The van der Waals surface area contributed by atoms with Crippen molar-refractivity contribution in [3.63, 3.8) is 0 Å². The molecule has 3 atom stereocenters. The first-order chi connectivity index (χ1) is 8.33. The van der Waals surface area contributed by atoms with E-state index in [-0.39, 0.29) is 0 Å². The van der Waals surface area contributed by atoms with E-state index in [9.17, 15) is 0 Å². The van der Waals surface area contributed by atoms with Crippen LogP contribution in [-0.4, -0.2) is 17.0 Å². The van der Waals surface area contributed by atoms with Crippen LogP contribution in [0.25, 0.3) is 0 Å². The van der Waals surface area contributed by atoms with Crippen molar-refractivity contribution in [2.45, 2.75) is 37.9 Å². The summed E-state index contributed by atoms with van der Waals surface area (Å²) in [6, 6.07) is 8.87. The van der Waals surface area contributed by atoms with Crippen molar-refractivity contribution in [1.82, 2.24) is 4.90 Å². The van der Waals surface area contributed by atoms with Gasteiger partial charge in [-0.05, 0) is 42.2 Å². The molecule has 2 aliphatic carbocycles. The third-order valence-corrected chi connectivity index (χ3v) is 5.38. The minimum atomic E-state index is 0.337. The minimum absolute atomic E-state index is 0.337. The third kappa shape index (κ3) is 1.28. The van der Waals surface area contributed by atoms with Crippen molar-refractivity contribution in [3.8, 4) is 0 Å². The zero-order chi connectivity index (χ0) is 11.5.